The molecule has 2 fully saturated rings. The van der Waals surface area contributed by atoms with E-state index in [0.29, 0.717) is 5.91 Å². The zero-order valence-electron chi connectivity index (χ0n) is 11.5. The van der Waals surface area contributed by atoms with Gasteiger partial charge in [-0.05, 0) is 43.4 Å². The van der Waals surface area contributed by atoms with E-state index in [1.54, 1.807) is 7.11 Å². The van der Waals surface area contributed by atoms with E-state index < -0.39 is 0 Å². The molecule has 3 heteroatoms. The van der Waals surface area contributed by atoms with Crippen molar-refractivity contribution in [2.45, 2.75) is 37.5 Å². The van der Waals surface area contributed by atoms with Crippen molar-refractivity contribution in [1.29, 1.82) is 0 Å². The van der Waals surface area contributed by atoms with Gasteiger partial charge in [-0.2, -0.15) is 0 Å². The van der Waals surface area contributed by atoms with E-state index in [1.807, 2.05) is 12.1 Å². The first-order chi connectivity index (χ1) is 9.26. The molecule has 1 aromatic rings. The molecule has 102 valence electrons. The quantitative estimate of drug-likeness (QED) is 0.835. The van der Waals surface area contributed by atoms with Crippen LogP contribution >= 0.6 is 0 Å². The average Bonchev–Trinajstić information content (AvgIpc) is 2.92. The fourth-order valence-electron chi connectivity index (χ4n) is 3.29. The van der Waals surface area contributed by atoms with Gasteiger partial charge in [-0.1, -0.05) is 18.6 Å². The van der Waals surface area contributed by atoms with Crippen molar-refractivity contribution >= 4 is 5.91 Å². The van der Waals surface area contributed by atoms with Crippen molar-refractivity contribution < 1.29 is 9.53 Å². The first-order valence-electron chi connectivity index (χ1n) is 7.20. The topological polar surface area (TPSA) is 29.5 Å². The third-order valence-corrected chi connectivity index (χ3v) is 4.65. The Balaban J connectivity index is 1.86. The Morgan fingerprint density at radius 2 is 1.74 bits per heavy atom. The fourth-order valence-corrected chi connectivity index (χ4v) is 3.29. The standard InChI is InChI=1S/C16H21NO2/c1-19-14-7-5-13(6-8-14)16(9-4-10-16)15(18)17-11-2-3-12-17/h5-8H,2-4,9-12H2,1H3. The van der Waals surface area contributed by atoms with Gasteiger partial charge in [-0.3, -0.25) is 4.79 Å². The van der Waals surface area contributed by atoms with E-state index in [9.17, 15) is 4.79 Å². The number of nitrogens with zero attached hydrogens (tertiary/aromatic N) is 1. The number of carbonyl (C=O) groups excluding carboxylic acids is 1. The Bertz CT molecular complexity index is 456. The van der Waals surface area contributed by atoms with Crippen LogP contribution in [-0.4, -0.2) is 31.0 Å². The number of methoxy groups -OCH3 is 1. The summed E-state index contributed by atoms with van der Waals surface area (Å²) in [5, 5.41) is 0. The van der Waals surface area contributed by atoms with Gasteiger partial charge in [0.2, 0.25) is 5.91 Å². The van der Waals surface area contributed by atoms with Crippen LogP contribution in [-0.2, 0) is 10.2 Å². The van der Waals surface area contributed by atoms with Crippen molar-refractivity contribution in [1.82, 2.24) is 4.90 Å². The molecule has 0 spiro atoms. The molecule has 0 unspecified atom stereocenters. The molecule has 0 bridgehead atoms. The third-order valence-electron chi connectivity index (χ3n) is 4.65. The summed E-state index contributed by atoms with van der Waals surface area (Å²) in [6, 6.07) is 8.05. The molecule has 0 radical (unpaired) electrons. The van der Waals surface area contributed by atoms with Gasteiger partial charge in [0.15, 0.2) is 0 Å². The first-order valence-corrected chi connectivity index (χ1v) is 7.20. The zero-order chi connectivity index (χ0) is 13.3. The molecule has 3 nitrogen and oxygen atoms in total. The van der Waals surface area contributed by atoms with Crippen molar-refractivity contribution in [3.05, 3.63) is 29.8 Å². The molecule has 0 N–H and O–H groups in total. The predicted octanol–water partition coefficient (Wildman–Crippen LogP) is 2.74. The lowest BCUT2D eigenvalue weighted by molar-refractivity contribution is -0.139. The molecule has 0 aromatic heterocycles. The molecular formula is C16H21NO2. The third kappa shape index (κ3) is 2.01. The van der Waals surface area contributed by atoms with Crippen LogP contribution in [0.3, 0.4) is 0 Å². The highest BCUT2D eigenvalue weighted by Gasteiger charge is 2.47. The maximum absolute atomic E-state index is 12.8. The van der Waals surface area contributed by atoms with E-state index in [0.717, 1.165) is 56.5 Å². The van der Waals surface area contributed by atoms with Gasteiger partial charge in [-0.15, -0.1) is 0 Å². The molecule has 1 amide bonds. The molecule has 1 saturated heterocycles. The van der Waals surface area contributed by atoms with E-state index >= 15 is 0 Å². The van der Waals surface area contributed by atoms with Crippen LogP contribution in [0.5, 0.6) is 5.75 Å². The van der Waals surface area contributed by atoms with E-state index in [-0.39, 0.29) is 5.41 Å². The maximum atomic E-state index is 12.8. The number of benzene rings is 1. The maximum Gasteiger partial charge on any atom is 0.233 e. The van der Waals surface area contributed by atoms with Crippen LogP contribution in [0.4, 0.5) is 0 Å². The molecule has 1 saturated carbocycles. The molecule has 1 heterocycles. The summed E-state index contributed by atoms with van der Waals surface area (Å²) >= 11 is 0. The number of likely N-dealkylation sites (tertiary alicyclic amines) is 1. The minimum absolute atomic E-state index is 0.239. The van der Waals surface area contributed by atoms with E-state index in [4.69, 9.17) is 4.74 Å². The highest BCUT2D eigenvalue weighted by Crippen LogP contribution is 2.46. The van der Waals surface area contributed by atoms with Gasteiger partial charge < -0.3 is 9.64 Å². The van der Waals surface area contributed by atoms with Gasteiger partial charge in [-0.25, -0.2) is 0 Å². The summed E-state index contributed by atoms with van der Waals surface area (Å²) < 4.78 is 5.20. The lowest BCUT2D eigenvalue weighted by Gasteiger charge is -2.43. The van der Waals surface area contributed by atoms with Crippen LogP contribution in [0.1, 0.15) is 37.7 Å². The SMILES string of the molecule is COc1ccc(C2(C(=O)N3CCCC3)CCC2)cc1. The molecule has 3 rings (SSSR count). The number of carbonyl (C=O) groups is 1. The van der Waals surface area contributed by atoms with Crippen molar-refractivity contribution in [3.8, 4) is 5.75 Å². The van der Waals surface area contributed by atoms with Gasteiger partial charge >= 0.3 is 0 Å². The minimum Gasteiger partial charge on any atom is -0.497 e. The highest BCUT2D eigenvalue weighted by atomic mass is 16.5. The Morgan fingerprint density at radius 3 is 2.21 bits per heavy atom. The van der Waals surface area contributed by atoms with Crippen molar-refractivity contribution in [3.63, 3.8) is 0 Å². The fraction of sp³-hybridized carbons (Fsp3) is 0.562. The largest absolute Gasteiger partial charge is 0.497 e. The van der Waals surface area contributed by atoms with E-state index in [1.165, 1.54) is 0 Å². The van der Waals surface area contributed by atoms with E-state index in [2.05, 4.69) is 17.0 Å². The van der Waals surface area contributed by atoms with Crippen LogP contribution in [0.25, 0.3) is 0 Å². The van der Waals surface area contributed by atoms with Crippen LogP contribution in [0.2, 0.25) is 0 Å². The Hall–Kier alpha value is -1.51. The summed E-state index contributed by atoms with van der Waals surface area (Å²) in [7, 11) is 1.67. The number of hydrogen-bond acceptors (Lipinski definition) is 2. The second-order valence-electron chi connectivity index (χ2n) is 5.66. The number of rotatable bonds is 3. The van der Waals surface area contributed by atoms with Crippen LogP contribution in [0.15, 0.2) is 24.3 Å². The van der Waals surface area contributed by atoms with Gasteiger partial charge in [0, 0.05) is 13.1 Å². The molecule has 1 aromatic carbocycles. The summed E-state index contributed by atoms with van der Waals surface area (Å²) in [4.78, 5) is 14.9. The lowest BCUT2D eigenvalue weighted by Crippen LogP contribution is -2.50. The second-order valence-corrected chi connectivity index (χ2v) is 5.66. The Morgan fingerprint density at radius 1 is 1.11 bits per heavy atom. The summed E-state index contributed by atoms with van der Waals surface area (Å²) in [5.74, 6) is 1.20. The molecule has 19 heavy (non-hydrogen) atoms. The summed E-state index contributed by atoms with van der Waals surface area (Å²) in [5.41, 5.74) is 0.924. The smallest absolute Gasteiger partial charge is 0.233 e. The van der Waals surface area contributed by atoms with Gasteiger partial charge in [0.05, 0.1) is 12.5 Å². The van der Waals surface area contributed by atoms with Crippen LogP contribution < -0.4 is 4.74 Å². The second kappa shape index (κ2) is 4.87. The minimum atomic E-state index is -0.239. The van der Waals surface area contributed by atoms with Crippen molar-refractivity contribution in [2.75, 3.05) is 20.2 Å². The molecule has 1 aliphatic carbocycles. The average molecular weight is 259 g/mol. The molecule has 1 aliphatic heterocycles. The Kier molecular flexibility index (Phi) is 3.21. The summed E-state index contributed by atoms with van der Waals surface area (Å²) in [6.45, 7) is 1.88. The molecule has 0 atom stereocenters. The van der Waals surface area contributed by atoms with Gasteiger partial charge in [0.25, 0.3) is 0 Å². The Labute approximate surface area is 114 Å². The van der Waals surface area contributed by atoms with Crippen molar-refractivity contribution in [2.24, 2.45) is 0 Å². The van der Waals surface area contributed by atoms with Gasteiger partial charge in [0.1, 0.15) is 5.75 Å². The summed E-state index contributed by atoms with van der Waals surface area (Å²) in [6.07, 6.45) is 5.46. The highest BCUT2D eigenvalue weighted by molar-refractivity contribution is 5.89. The lowest BCUT2D eigenvalue weighted by atomic mass is 9.63. The normalized spacial score (nSPS) is 21.0. The van der Waals surface area contributed by atoms with Crippen LogP contribution in [0, 0.1) is 0 Å². The number of hydrogen-bond donors (Lipinski definition) is 0. The predicted molar refractivity (Wildman–Crippen MR) is 74.3 cm³/mol. The monoisotopic (exact) mass is 259 g/mol. The molecule has 2 aliphatic rings. The number of ether oxygens (including phenoxy) is 1. The molecular weight excluding hydrogens is 238 g/mol. The first kappa shape index (κ1) is 12.5. The number of amides is 1. The zero-order valence-corrected chi connectivity index (χ0v) is 11.5.